The lowest BCUT2D eigenvalue weighted by Crippen LogP contribution is -2.34. The molecule has 43 heavy (non-hydrogen) atoms. The molecule has 11 heteroatoms. The van der Waals surface area contributed by atoms with E-state index < -0.39 is 0 Å². The van der Waals surface area contributed by atoms with Crippen molar-refractivity contribution < 1.29 is 19.0 Å². The van der Waals surface area contributed by atoms with Gasteiger partial charge in [0, 0.05) is 64.8 Å². The number of hydrogen-bond acceptors (Lipinski definition) is 9. The van der Waals surface area contributed by atoms with E-state index in [1.54, 1.807) is 18.3 Å². The highest BCUT2D eigenvalue weighted by Gasteiger charge is 2.17. The molecule has 2 bridgehead atoms. The van der Waals surface area contributed by atoms with Gasteiger partial charge in [-0.25, -0.2) is 9.97 Å². The Morgan fingerprint density at radius 1 is 1.05 bits per heavy atom. The topological polar surface area (TPSA) is 108 Å². The molecule has 4 aromatic rings. The number of likely N-dealkylation sites (N-methyl/N-ethyl adjacent to an activating group) is 1. The van der Waals surface area contributed by atoms with Gasteiger partial charge >= 0.3 is 0 Å². The minimum absolute atomic E-state index is 0.0835. The Morgan fingerprint density at radius 2 is 1.88 bits per heavy atom. The van der Waals surface area contributed by atoms with Crippen LogP contribution in [-0.2, 0) is 22.6 Å². The zero-order valence-electron chi connectivity index (χ0n) is 25.2. The van der Waals surface area contributed by atoms with Gasteiger partial charge in [0.25, 0.3) is 5.91 Å². The molecular weight excluding hydrogens is 546 g/mol. The van der Waals surface area contributed by atoms with Crippen LogP contribution in [-0.4, -0.2) is 103 Å². The van der Waals surface area contributed by atoms with Crippen molar-refractivity contribution >= 4 is 28.4 Å². The normalized spacial score (nSPS) is 15.0. The van der Waals surface area contributed by atoms with Crippen LogP contribution in [0.1, 0.15) is 17.5 Å². The number of aromatic nitrogens is 3. The number of ether oxygens (including phenoxy) is 3. The molecule has 0 aliphatic carbocycles. The van der Waals surface area contributed by atoms with Crippen molar-refractivity contribution in [1.82, 2.24) is 29.7 Å². The summed E-state index contributed by atoms with van der Waals surface area (Å²) >= 11 is 0. The molecule has 0 saturated carbocycles. The van der Waals surface area contributed by atoms with E-state index in [9.17, 15) is 4.79 Å². The number of nitrogens with zero attached hydrogens (tertiary/aromatic N) is 5. The summed E-state index contributed by atoms with van der Waals surface area (Å²) in [6.07, 6.45) is 4.37. The van der Waals surface area contributed by atoms with Crippen molar-refractivity contribution in [3.05, 3.63) is 72.2 Å². The van der Waals surface area contributed by atoms with E-state index in [1.807, 2.05) is 49.6 Å². The molecule has 1 aliphatic heterocycles. The number of carbonyl (C=O) groups is 1. The lowest BCUT2D eigenvalue weighted by molar-refractivity contribution is -0.132. The van der Waals surface area contributed by atoms with Gasteiger partial charge < -0.3 is 34.3 Å². The maximum atomic E-state index is 12.9. The van der Waals surface area contributed by atoms with Gasteiger partial charge in [0.1, 0.15) is 24.4 Å². The number of amides is 1. The molecule has 0 radical (unpaired) electrons. The quantitative estimate of drug-likeness (QED) is 0.301. The first kappa shape index (κ1) is 30.3. The predicted octanol–water partition coefficient (Wildman–Crippen LogP) is 3.90. The number of fused-ring (bicyclic) bond motifs is 2. The molecule has 2 aromatic carbocycles. The summed E-state index contributed by atoms with van der Waals surface area (Å²) in [7, 11) is 5.60. The number of aromatic amines is 1. The molecule has 0 saturated heterocycles. The minimum Gasteiger partial charge on any atom is -0.488 e. The molecule has 1 aliphatic rings. The van der Waals surface area contributed by atoms with Crippen LogP contribution < -0.4 is 14.8 Å². The Labute approximate surface area is 252 Å². The Morgan fingerprint density at radius 3 is 2.72 bits per heavy atom. The highest BCUT2D eigenvalue weighted by Crippen LogP contribution is 2.34. The SMILES string of the molecule is COCCN(CCOc1ccc2cc1OCC(=O)N(C)CCCN(C)Cc1c[nH]c3ncnc(c13)N2)Cc1ccccc1. The van der Waals surface area contributed by atoms with Gasteiger partial charge in [-0.1, -0.05) is 30.3 Å². The van der Waals surface area contributed by atoms with Crippen molar-refractivity contribution in [2.75, 3.05) is 72.5 Å². The standard InChI is InChI=1S/C32H41N7O4/c1-37-12-7-13-38(2)29(40)22-43-28-18-26(36-32-30-25(21-37)19-33-31(30)34-23-35-32)10-11-27(28)42-17-15-39(14-16-41-3)20-24-8-5-4-6-9-24/h4-6,8-11,18-19,23H,7,12-17,20-22H2,1-3H3,(H2,33,34,35,36). The molecule has 2 N–H and O–H groups in total. The van der Waals surface area contributed by atoms with E-state index >= 15 is 0 Å². The zero-order valence-corrected chi connectivity index (χ0v) is 25.2. The van der Waals surface area contributed by atoms with Gasteiger partial charge in [-0.3, -0.25) is 9.69 Å². The van der Waals surface area contributed by atoms with E-state index in [0.29, 0.717) is 43.6 Å². The molecule has 3 heterocycles. The number of anilines is 2. The van der Waals surface area contributed by atoms with Crippen molar-refractivity contribution in [2.24, 2.45) is 0 Å². The van der Waals surface area contributed by atoms with Crippen LogP contribution >= 0.6 is 0 Å². The second-order valence-corrected chi connectivity index (χ2v) is 10.8. The smallest absolute Gasteiger partial charge is 0.260 e. The number of hydrogen-bond donors (Lipinski definition) is 2. The summed E-state index contributed by atoms with van der Waals surface area (Å²) < 4.78 is 17.7. The van der Waals surface area contributed by atoms with Crippen LogP contribution in [0.4, 0.5) is 11.5 Å². The van der Waals surface area contributed by atoms with Crippen LogP contribution in [0.25, 0.3) is 11.0 Å². The average molecular weight is 588 g/mol. The van der Waals surface area contributed by atoms with Crippen LogP contribution in [0.2, 0.25) is 0 Å². The lowest BCUT2D eigenvalue weighted by atomic mass is 10.2. The highest BCUT2D eigenvalue weighted by atomic mass is 16.5. The summed E-state index contributed by atoms with van der Waals surface area (Å²) in [5.41, 5.74) is 3.87. The zero-order chi connectivity index (χ0) is 30.0. The number of methoxy groups -OCH3 is 1. The second kappa shape index (κ2) is 14.8. The molecule has 228 valence electrons. The van der Waals surface area contributed by atoms with E-state index in [1.165, 1.54) is 5.56 Å². The number of H-pyrrole nitrogens is 1. The van der Waals surface area contributed by atoms with Crippen LogP contribution in [0, 0.1) is 0 Å². The minimum atomic E-state index is -0.0851. The summed E-state index contributed by atoms with van der Waals surface area (Å²) in [6.45, 7) is 5.47. The lowest BCUT2D eigenvalue weighted by Gasteiger charge is -2.23. The van der Waals surface area contributed by atoms with Crippen LogP contribution in [0.3, 0.4) is 0 Å². The third-order valence-corrected chi connectivity index (χ3v) is 7.53. The largest absolute Gasteiger partial charge is 0.488 e. The van der Waals surface area contributed by atoms with E-state index in [-0.39, 0.29) is 12.5 Å². The first-order valence-corrected chi connectivity index (χ1v) is 14.7. The Hall–Kier alpha value is -4.19. The van der Waals surface area contributed by atoms with Gasteiger partial charge in [-0.2, -0.15) is 0 Å². The maximum Gasteiger partial charge on any atom is 0.260 e. The van der Waals surface area contributed by atoms with Gasteiger partial charge in [0.2, 0.25) is 0 Å². The molecule has 5 rings (SSSR count). The van der Waals surface area contributed by atoms with Crippen molar-refractivity contribution in [2.45, 2.75) is 19.5 Å². The fourth-order valence-electron chi connectivity index (χ4n) is 5.14. The first-order valence-electron chi connectivity index (χ1n) is 14.7. The maximum absolute atomic E-state index is 12.9. The monoisotopic (exact) mass is 587 g/mol. The molecule has 0 unspecified atom stereocenters. The molecule has 0 fully saturated rings. The van der Waals surface area contributed by atoms with E-state index in [4.69, 9.17) is 14.2 Å². The third-order valence-electron chi connectivity index (χ3n) is 7.53. The Kier molecular flexibility index (Phi) is 10.4. The number of nitrogens with one attached hydrogen (secondary N) is 2. The summed E-state index contributed by atoms with van der Waals surface area (Å²) in [4.78, 5) is 31.4. The van der Waals surface area contributed by atoms with Crippen molar-refractivity contribution in [3.8, 4) is 11.5 Å². The van der Waals surface area contributed by atoms with Gasteiger partial charge in [-0.05, 0) is 43.3 Å². The molecule has 11 nitrogen and oxygen atoms in total. The molecule has 0 spiro atoms. The molecule has 1 amide bonds. The van der Waals surface area contributed by atoms with E-state index in [0.717, 1.165) is 54.9 Å². The molecule has 0 atom stereocenters. The fourth-order valence-corrected chi connectivity index (χ4v) is 5.14. The summed E-state index contributed by atoms with van der Waals surface area (Å²) in [5.74, 6) is 1.68. The Bertz CT molecular complexity index is 1480. The Balaban J connectivity index is 1.36. The first-order chi connectivity index (χ1) is 21.0. The van der Waals surface area contributed by atoms with E-state index in [2.05, 4.69) is 49.2 Å². The summed E-state index contributed by atoms with van der Waals surface area (Å²) in [5, 5.41) is 4.39. The number of benzene rings is 2. The van der Waals surface area contributed by atoms with Crippen LogP contribution in [0.5, 0.6) is 11.5 Å². The number of rotatable bonds is 9. The van der Waals surface area contributed by atoms with Gasteiger partial charge in [-0.15, -0.1) is 0 Å². The molecular formula is C32H41N7O4. The predicted molar refractivity (Wildman–Crippen MR) is 167 cm³/mol. The third kappa shape index (κ3) is 8.22. The van der Waals surface area contributed by atoms with Crippen molar-refractivity contribution in [3.63, 3.8) is 0 Å². The van der Waals surface area contributed by atoms with Crippen molar-refractivity contribution in [1.29, 1.82) is 0 Å². The molecule has 2 aromatic heterocycles. The second-order valence-electron chi connectivity index (χ2n) is 10.8. The van der Waals surface area contributed by atoms with Gasteiger partial charge in [0.15, 0.2) is 18.1 Å². The highest BCUT2D eigenvalue weighted by molar-refractivity contribution is 5.92. The fraction of sp³-hybridized carbons (Fsp3) is 0.406. The van der Waals surface area contributed by atoms with Crippen LogP contribution in [0.15, 0.2) is 61.1 Å². The average Bonchev–Trinajstić information content (AvgIpc) is 3.42. The number of carbonyl (C=O) groups excluding carboxylic acids is 1. The summed E-state index contributed by atoms with van der Waals surface area (Å²) in [6, 6.07) is 16.0. The van der Waals surface area contributed by atoms with Gasteiger partial charge in [0.05, 0.1) is 12.0 Å².